The number of hydrogen-bond donors (Lipinski definition) is 1. The molecule has 0 atom stereocenters. The van der Waals surface area contributed by atoms with Gasteiger partial charge in [-0.1, -0.05) is 17.3 Å². The summed E-state index contributed by atoms with van der Waals surface area (Å²) in [5, 5.41) is 7.25. The molecule has 100 valence electrons. The van der Waals surface area contributed by atoms with E-state index < -0.39 is 0 Å². The minimum Gasteiger partial charge on any atom is -0.334 e. The molecule has 1 aromatic carbocycles. The van der Waals surface area contributed by atoms with Crippen molar-refractivity contribution in [2.24, 2.45) is 5.92 Å². The van der Waals surface area contributed by atoms with E-state index in [0.29, 0.717) is 11.7 Å². The molecule has 0 spiro atoms. The predicted octanol–water partition coefficient (Wildman–Crippen LogP) is 2.59. The normalized spacial score (nSPS) is 16.7. The lowest BCUT2D eigenvalue weighted by molar-refractivity contribution is 0.372. The van der Waals surface area contributed by atoms with E-state index in [4.69, 9.17) is 4.52 Å². The Kier molecular flexibility index (Phi) is 3.60. The van der Waals surface area contributed by atoms with Crippen molar-refractivity contribution in [2.75, 3.05) is 13.1 Å². The van der Waals surface area contributed by atoms with Gasteiger partial charge in [0.25, 0.3) is 5.89 Å². The van der Waals surface area contributed by atoms with Crippen LogP contribution in [-0.4, -0.2) is 23.2 Å². The van der Waals surface area contributed by atoms with E-state index in [1.54, 1.807) is 0 Å². The molecule has 0 radical (unpaired) electrons. The van der Waals surface area contributed by atoms with E-state index in [1.165, 1.54) is 18.4 Å². The molecule has 0 bridgehead atoms. The van der Waals surface area contributed by atoms with Crippen LogP contribution < -0.4 is 5.32 Å². The van der Waals surface area contributed by atoms with Crippen LogP contribution in [0.5, 0.6) is 0 Å². The van der Waals surface area contributed by atoms with Gasteiger partial charge >= 0.3 is 0 Å². The second-order valence-electron chi connectivity index (χ2n) is 5.24. The third-order valence-electron chi connectivity index (χ3n) is 3.68. The third kappa shape index (κ3) is 3.01. The summed E-state index contributed by atoms with van der Waals surface area (Å²) in [6.45, 7) is 4.13. The molecule has 1 aromatic heterocycles. The van der Waals surface area contributed by atoms with E-state index >= 15 is 0 Å². The highest BCUT2D eigenvalue weighted by Gasteiger charge is 2.14. The van der Waals surface area contributed by atoms with Crippen LogP contribution in [-0.2, 0) is 6.42 Å². The Morgan fingerprint density at radius 1 is 1.32 bits per heavy atom. The summed E-state index contributed by atoms with van der Waals surface area (Å²) in [4.78, 5) is 4.28. The lowest BCUT2D eigenvalue weighted by Crippen LogP contribution is -2.28. The van der Waals surface area contributed by atoms with Crippen LogP contribution in [0.1, 0.15) is 24.2 Å². The summed E-state index contributed by atoms with van der Waals surface area (Å²) < 4.78 is 5.22. The molecule has 4 nitrogen and oxygen atoms in total. The van der Waals surface area contributed by atoms with Crippen molar-refractivity contribution in [3.05, 3.63) is 35.7 Å². The highest BCUT2D eigenvalue weighted by Crippen LogP contribution is 2.22. The number of benzene rings is 1. The van der Waals surface area contributed by atoms with Crippen molar-refractivity contribution < 1.29 is 4.52 Å². The molecule has 1 saturated heterocycles. The van der Waals surface area contributed by atoms with E-state index in [-0.39, 0.29) is 0 Å². The second-order valence-corrected chi connectivity index (χ2v) is 5.24. The van der Waals surface area contributed by atoms with Crippen LogP contribution >= 0.6 is 0 Å². The highest BCUT2D eigenvalue weighted by molar-refractivity contribution is 5.54. The van der Waals surface area contributed by atoms with Gasteiger partial charge in [0.05, 0.1) is 0 Å². The fraction of sp³-hybridized carbons (Fsp3) is 0.467. The zero-order valence-electron chi connectivity index (χ0n) is 11.2. The molecule has 0 saturated carbocycles. The van der Waals surface area contributed by atoms with Gasteiger partial charge in [-0.05, 0) is 62.9 Å². The summed E-state index contributed by atoms with van der Waals surface area (Å²) in [7, 11) is 0. The topological polar surface area (TPSA) is 51.0 Å². The zero-order valence-corrected chi connectivity index (χ0v) is 11.2. The Hall–Kier alpha value is -1.68. The predicted molar refractivity (Wildman–Crippen MR) is 73.8 cm³/mol. The van der Waals surface area contributed by atoms with Crippen molar-refractivity contribution in [3.8, 4) is 11.5 Å². The van der Waals surface area contributed by atoms with Crippen molar-refractivity contribution in [3.63, 3.8) is 0 Å². The summed E-state index contributed by atoms with van der Waals surface area (Å²) in [6.07, 6.45) is 3.68. The molecule has 4 heteroatoms. The summed E-state index contributed by atoms with van der Waals surface area (Å²) in [5.41, 5.74) is 2.38. The molecule has 2 aromatic rings. The Morgan fingerprint density at radius 3 is 2.89 bits per heavy atom. The van der Waals surface area contributed by atoms with Gasteiger partial charge in [-0.15, -0.1) is 0 Å². The first-order valence-corrected chi connectivity index (χ1v) is 6.91. The number of aromatic nitrogens is 2. The molecule has 0 aliphatic carbocycles. The highest BCUT2D eigenvalue weighted by atomic mass is 16.5. The molecule has 1 N–H and O–H groups in total. The van der Waals surface area contributed by atoms with Gasteiger partial charge in [0, 0.05) is 5.56 Å². The first kappa shape index (κ1) is 12.4. The summed E-state index contributed by atoms with van der Waals surface area (Å²) in [5.74, 6) is 2.09. The molecule has 2 heterocycles. The Morgan fingerprint density at radius 2 is 2.16 bits per heavy atom. The molecule has 3 rings (SSSR count). The number of hydrogen-bond acceptors (Lipinski definition) is 4. The van der Waals surface area contributed by atoms with Gasteiger partial charge in [0.15, 0.2) is 5.82 Å². The first-order valence-electron chi connectivity index (χ1n) is 6.91. The maximum atomic E-state index is 5.22. The molecule has 0 amide bonds. The number of aryl methyl sites for hydroxylation is 1. The molecule has 1 fully saturated rings. The average molecular weight is 257 g/mol. The summed E-state index contributed by atoms with van der Waals surface area (Å²) in [6, 6.07) is 8.47. The van der Waals surface area contributed by atoms with E-state index in [9.17, 15) is 0 Å². The van der Waals surface area contributed by atoms with Gasteiger partial charge < -0.3 is 9.84 Å². The first-order chi connectivity index (χ1) is 9.31. The SMILES string of the molecule is Cc1noc(-c2cccc(CC3CCNCC3)c2)n1. The van der Waals surface area contributed by atoms with E-state index in [0.717, 1.165) is 31.0 Å². The van der Waals surface area contributed by atoms with E-state index in [2.05, 4.69) is 33.7 Å². The van der Waals surface area contributed by atoms with Crippen LogP contribution in [0.15, 0.2) is 28.8 Å². The van der Waals surface area contributed by atoms with Crippen LogP contribution in [0.3, 0.4) is 0 Å². The van der Waals surface area contributed by atoms with Gasteiger partial charge in [-0.2, -0.15) is 4.98 Å². The lowest BCUT2D eigenvalue weighted by Gasteiger charge is -2.22. The van der Waals surface area contributed by atoms with Crippen molar-refractivity contribution >= 4 is 0 Å². The fourth-order valence-corrected chi connectivity index (χ4v) is 2.66. The van der Waals surface area contributed by atoms with Gasteiger partial charge in [-0.25, -0.2) is 0 Å². The minimum absolute atomic E-state index is 0.615. The summed E-state index contributed by atoms with van der Waals surface area (Å²) >= 11 is 0. The van der Waals surface area contributed by atoms with Crippen LogP contribution in [0.25, 0.3) is 11.5 Å². The monoisotopic (exact) mass is 257 g/mol. The minimum atomic E-state index is 0.615. The van der Waals surface area contributed by atoms with Crippen LogP contribution in [0.4, 0.5) is 0 Å². The number of piperidine rings is 1. The van der Waals surface area contributed by atoms with Crippen molar-refractivity contribution in [2.45, 2.75) is 26.2 Å². The van der Waals surface area contributed by atoms with Crippen molar-refractivity contribution in [1.82, 2.24) is 15.5 Å². The Bertz CT molecular complexity index is 544. The molecular weight excluding hydrogens is 238 g/mol. The maximum Gasteiger partial charge on any atom is 0.257 e. The largest absolute Gasteiger partial charge is 0.334 e. The number of nitrogens with one attached hydrogen (secondary N) is 1. The third-order valence-corrected chi connectivity index (χ3v) is 3.68. The Labute approximate surface area is 113 Å². The molecule has 1 aliphatic heterocycles. The van der Waals surface area contributed by atoms with Gasteiger partial charge in [0.2, 0.25) is 0 Å². The van der Waals surface area contributed by atoms with Gasteiger partial charge in [0.1, 0.15) is 0 Å². The standard InChI is InChI=1S/C15H19N3O/c1-11-17-15(19-18-11)14-4-2-3-13(10-14)9-12-5-7-16-8-6-12/h2-4,10,12,16H,5-9H2,1H3. The molecule has 19 heavy (non-hydrogen) atoms. The second kappa shape index (κ2) is 5.53. The quantitative estimate of drug-likeness (QED) is 0.918. The molecular formula is C15H19N3O. The Balaban J connectivity index is 1.75. The van der Waals surface area contributed by atoms with Crippen LogP contribution in [0, 0.1) is 12.8 Å². The van der Waals surface area contributed by atoms with Crippen molar-refractivity contribution in [1.29, 1.82) is 0 Å². The average Bonchev–Trinajstić information content (AvgIpc) is 2.87. The molecule has 1 aliphatic rings. The fourth-order valence-electron chi connectivity index (χ4n) is 2.66. The number of rotatable bonds is 3. The zero-order chi connectivity index (χ0) is 13.1. The van der Waals surface area contributed by atoms with E-state index in [1.807, 2.05) is 13.0 Å². The van der Waals surface area contributed by atoms with Crippen LogP contribution in [0.2, 0.25) is 0 Å². The van der Waals surface area contributed by atoms with Gasteiger partial charge in [-0.3, -0.25) is 0 Å². The lowest BCUT2D eigenvalue weighted by atomic mass is 9.90. The number of nitrogens with zero attached hydrogens (tertiary/aromatic N) is 2. The molecule has 0 unspecified atom stereocenters. The smallest absolute Gasteiger partial charge is 0.257 e. The maximum absolute atomic E-state index is 5.22.